The van der Waals surface area contributed by atoms with Crippen molar-refractivity contribution in [3.05, 3.63) is 216 Å². The average Bonchev–Trinajstić information content (AvgIpc) is 3.49. The van der Waals surface area contributed by atoms with Gasteiger partial charge in [-0.05, 0) is 158 Å². The molecule has 2 nitrogen and oxygen atoms in total. The number of aryl methyl sites for hydroxylation is 1. The Morgan fingerprint density at radius 1 is 0.448 bits per heavy atom. The fourth-order valence-corrected chi connectivity index (χ4v) is 9.42. The summed E-state index contributed by atoms with van der Waals surface area (Å²) < 4.78 is 14.2. The number of fused-ring (bicyclic) bond motifs is 7. The number of hydrogen-bond donors (Lipinski definition) is 0. The third-order valence-electron chi connectivity index (χ3n) is 11.7. The second-order valence-corrected chi connectivity index (χ2v) is 16.2. The largest absolute Gasteiger partial charge is 0.310 e. The monoisotopic (exact) mass is 770 g/mol. The van der Waals surface area contributed by atoms with Gasteiger partial charge in [0.2, 0.25) is 0 Å². The summed E-state index contributed by atoms with van der Waals surface area (Å²) in [5, 5.41) is 5.71. The summed E-state index contributed by atoms with van der Waals surface area (Å²) in [5.74, 6) is -0.272. The fourth-order valence-electron chi connectivity index (χ4n) is 9.23. The Morgan fingerprint density at radius 3 is 1.76 bits per heavy atom. The Kier molecular flexibility index (Phi) is 8.65. The van der Waals surface area contributed by atoms with Gasteiger partial charge < -0.3 is 9.80 Å². The number of hydrogen-bond acceptors (Lipinski definition) is 2. The molecule has 0 aliphatic heterocycles. The Balaban J connectivity index is 1.17. The lowest BCUT2D eigenvalue weighted by atomic mass is 9.76. The van der Waals surface area contributed by atoms with Gasteiger partial charge in [0.15, 0.2) is 0 Å². The molecule has 0 amide bonds. The molecule has 1 aliphatic carbocycles. The number of rotatable bonds is 7. The van der Waals surface area contributed by atoms with Crippen LogP contribution in [0.5, 0.6) is 0 Å². The van der Waals surface area contributed by atoms with E-state index in [1.165, 1.54) is 61.5 Å². The molecule has 0 N–H and O–H groups in total. The van der Waals surface area contributed by atoms with Gasteiger partial charge in [-0.25, -0.2) is 4.39 Å². The van der Waals surface area contributed by atoms with Crippen LogP contribution < -0.4 is 9.80 Å². The molecule has 0 spiro atoms. The van der Waals surface area contributed by atoms with Crippen molar-refractivity contribution in [1.82, 2.24) is 0 Å². The van der Waals surface area contributed by atoms with Gasteiger partial charge >= 0.3 is 0 Å². The normalized spacial score (nSPS) is 12.7. The van der Waals surface area contributed by atoms with Crippen LogP contribution >= 0.6 is 11.6 Å². The van der Waals surface area contributed by atoms with Crippen LogP contribution in [0.1, 0.15) is 30.5 Å². The first-order valence-electron chi connectivity index (χ1n) is 19.7. The molecule has 280 valence electrons. The molecule has 10 rings (SSSR count). The van der Waals surface area contributed by atoms with Crippen LogP contribution in [-0.4, -0.2) is 0 Å². The number of halogens is 2. The lowest BCUT2D eigenvalue weighted by molar-refractivity contribution is 0.628. The van der Waals surface area contributed by atoms with Crippen LogP contribution in [0.3, 0.4) is 0 Å². The highest BCUT2D eigenvalue weighted by molar-refractivity contribution is 6.30. The van der Waals surface area contributed by atoms with Crippen LogP contribution in [0.15, 0.2) is 188 Å². The van der Waals surface area contributed by atoms with Crippen LogP contribution in [0, 0.1) is 12.7 Å². The lowest BCUT2D eigenvalue weighted by Crippen LogP contribution is -2.17. The van der Waals surface area contributed by atoms with Crippen molar-refractivity contribution in [3.63, 3.8) is 0 Å². The standard InChI is InChI=1S/C54H40ClFN2/c1-35-12-8-17-42(30-35)57(41-27-25-40(56)26-28-41)45-20-11-21-46(34-45)58(44-19-10-16-39(55)33-44)43-18-9-15-37(31-43)50-32-38-14-5-6-22-47(38)51-49-29-24-36-13-4-7-23-48(36)52(49)54(2,3)53(50)51/h4-34H,1-3H3. The number of nitrogens with zero attached hydrogens (tertiary/aromatic N) is 2. The predicted octanol–water partition coefficient (Wildman–Crippen LogP) is 16.0. The molecule has 0 aromatic heterocycles. The van der Waals surface area contributed by atoms with Crippen LogP contribution in [0.25, 0.3) is 43.8 Å². The van der Waals surface area contributed by atoms with Gasteiger partial charge in [0.05, 0.1) is 0 Å². The topological polar surface area (TPSA) is 6.48 Å². The Bertz CT molecular complexity index is 3040. The van der Waals surface area contributed by atoms with Gasteiger partial charge in [-0.15, -0.1) is 0 Å². The highest BCUT2D eigenvalue weighted by Gasteiger charge is 2.40. The molecule has 0 unspecified atom stereocenters. The molecule has 9 aromatic rings. The van der Waals surface area contributed by atoms with E-state index in [1.807, 2.05) is 30.3 Å². The molecule has 0 heterocycles. The maximum Gasteiger partial charge on any atom is 0.123 e. The van der Waals surface area contributed by atoms with E-state index in [2.05, 4.69) is 176 Å². The minimum atomic E-state index is -0.272. The van der Waals surface area contributed by atoms with Crippen molar-refractivity contribution in [1.29, 1.82) is 0 Å². The summed E-state index contributed by atoms with van der Waals surface area (Å²) >= 11 is 6.73. The van der Waals surface area contributed by atoms with Gasteiger partial charge in [-0.3, -0.25) is 0 Å². The van der Waals surface area contributed by atoms with E-state index in [-0.39, 0.29) is 11.2 Å². The molecule has 0 atom stereocenters. The highest BCUT2D eigenvalue weighted by atomic mass is 35.5. The van der Waals surface area contributed by atoms with Crippen molar-refractivity contribution in [3.8, 4) is 22.3 Å². The van der Waals surface area contributed by atoms with Crippen molar-refractivity contribution in [2.45, 2.75) is 26.2 Å². The first-order chi connectivity index (χ1) is 28.2. The summed E-state index contributed by atoms with van der Waals surface area (Å²) in [5.41, 5.74) is 14.3. The Hall–Kier alpha value is -6.68. The summed E-state index contributed by atoms with van der Waals surface area (Å²) in [6, 6.07) is 65.0. The average molecular weight is 771 g/mol. The van der Waals surface area contributed by atoms with Crippen molar-refractivity contribution in [2.24, 2.45) is 0 Å². The molecule has 58 heavy (non-hydrogen) atoms. The fraction of sp³-hybridized carbons (Fsp3) is 0.0741. The maximum atomic E-state index is 14.2. The van der Waals surface area contributed by atoms with Gasteiger partial charge in [0.25, 0.3) is 0 Å². The predicted molar refractivity (Wildman–Crippen MR) is 244 cm³/mol. The van der Waals surface area contributed by atoms with E-state index in [9.17, 15) is 4.39 Å². The number of anilines is 6. The zero-order valence-electron chi connectivity index (χ0n) is 32.5. The summed E-state index contributed by atoms with van der Waals surface area (Å²) in [6.45, 7) is 6.86. The van der Waals surface area contributed by atoms with E-state index >= 15 is 0 Å². The minimum Gasteiger partial charge on any atom is -0.310 e. The smallest absolute Gasteiger partial charge is 0.123 e. The summed E-state index contributed by atoms with van der Waals surface area (Å²) in [7, 11) is 0. The Morgan fingerprint density at radius 2 is 1.03 bits per heavy atom. The molecule has 0 bridgehead atoms. The molecule has 9 aromatic carbocycles. The molecule has 0 saturated carbocycles. The Labute approximate surface area is 344 Å². The van der Waals surface area contributed by atoms with E-state index in [1.54, 1.807) is 0 Å². The van der Waals surface area contributed by atoms with Crippen molar-refractivity contribution in [2.75, 3.05) is 9.80 Å². The highest BCUT2D eigenvalue weighted by Crippen LogP contribution is 2.57. The minimum absolute atomic E-state index is 0.262. The third-order valence-corrected chi connectivity index (χ3v) is 11.9. The van der Waals surface area contributed by atoms with E-state index in [0.29, 0.717) is 5.02 Å². The van der Waals surface area contributed by atoms with Crippen LogP contribution in [0.2, 0.25) is 5.02 Å². The zero-order chi connectivity index (χ0) is 39.5. The van der Waals surface area contributed by atoms with Gasteiger partial charge in [0, 0.05) is 44.6 Å². The van der Waals surface area contributed by atoms with Crippen LogP contribution in [-0.2, 0) is 5.41 Å². The van der Waals surface area contributed by atoms with Gasteiger partial charge in [0.1, 0.15) is 5.82 Å². The van der Waals surface area contributed by atoms with Gasteiger partial charge in [-0.1, -0.05) is 123 Å². The van der Waals surface area contributed by atoms with Crippen molar-refractivity contribution < 1.29 is 4.39 Å². The van der Waals surface area contributed by atoms with E-state index in [0.717, 1.165) is 45.3 Å². The number of benzene rings is 9. The molecule has 1 aliphatic rings. The maximum absolute atomic E-state index is 14.2. The lowest BCUT2D eigenvalue weighted by Gasteiger charge is -2.30. The zero-order valence-corrected chi connectivity index (χ0v) is 33.3. The molecular formula is C54H40ClFN2. The van der Waals surface area contributed by atoms with E-state index < -0.39 is 0 Å². The van der Waals surface area contributed by atoms with Gasteiger partial charge in [-0.2, -0.15) is 0 Å². The van der Waals surface area contributed by atoms with Crippen molar-refractivity contribution >= 4 is 67.3 Å². The van der Waals surface area contributed by atoms with Crippen LogP contribution in [0.4, 0.5) is 38.5 Å². The third kappa shape index (κ3) is 6.02. The molecular weight excluding hydrogens is 731 g/mol. The molecule has 0 radical (unpaired) electrons. The summed E-state index contributed by atoms with van der Waals surface area (Å²) in [6.07, 6.45) is 0. The first kappa shape index (κ1) is 35.7. The SMILES string of the molecule is Cc1cccc(N(c2ccc(F)cc2)c2cccc(N(c3cccc(Cl)c3)c3cccc(-c4cc5ccccc5c5c4C(C)(C)c4c-5ccc5ccccc45)c3)c2)c1. The second kappa shape index (κ2) is 14.1. The first-order valence-corrected chi connectivity index (χ1v) is 20.1. The molecule has 4 heteroatoms. The summed E-state index contributed by atoms with van der Waals surface area (Å²) in [4.78, 5) is 4.44. The quantitative estimate of drug-likeness (QED) is 0.159. The second-order valence-electron chi connectivity index (χ2n) is 15.8. The van der Waals surface area contributed by atoms with E-state index in [4.69, 9.17) is 11.6 Å². The molecule has 0 saturated heterocycles. The molecule has 0 fully saturated rings.